The smallest absolute Gasteiger partial charge is 0.162 e. The SMILES string of the molecule is NC1CCC(c2cccc(F)c2F)C1. The monoisotopic (exact) mass is 197 g/mol. The predicted molar refractivity (Wildman–Crippen MR) is 50.9 cm³/mol. The van der Waals surface area contributed by atoms with Gasteiger partial charge in [0, 0.05) is 6.04 Å². The quantitative estimate of drug-likeness (QED) is 0.735. The zero-order chi connectivity index (χ0) is 10.1. The summed E-state index contributed by atoms with van der Waals surface area (Å²) in [6.45, 7) is 0. The number of benzene rings is 1. The standard InChI is InChI=1S/C11H13F2N/c12-10-3-1-2-9(11(10)13)7-4-5-8(14)6-7/h1-3,7-8H,4-6,14H2. The average molecular weight is 197 g/mol. The Morgan fingerprint density at radius 3 is 2.64 bits per heavy atom. The lowest BCUT2D eigenvalue weighted by Crippen LogP contribution is -2.14. The second-order valence-corrected chi connectivity index (χ2v) is 3.91. The Hall–Kier alpha value is -0.960. The van der Waals surface area contributed by atoms with Crippen LogP contribution in [0.1, 0.15) is 30.7 Å². The van der Waals surface area contributed by atoms with E-state index < -0.39 is 11.6 Å². The van der Waals surface area contributed by atoms with Gasteiger partial charge >= 0.3 is 0 Å². The molecule has 0 aromatic heterocycles. The fourth-order valence-corrected chi connectivity index (χ4v) is 2.13. The first-order valence-electron chi connectivity index (χ1n) is 4.88. The van der Waals surface area contributed by atoms with Gasteiger partial charge < -0.3 is 5.73 Å². The van der Waals surface area contributed by atoms with Gasteiger partial charge in [-0.05, 0) is 36.8 Å². The van der Waals surface area contributed by atoms with Crippen molar-refractivity contribution in [3.8, 4) is 0 Å². The minimum atomic E-state index is -0.761. The summed E-state index contributed by atoms with van der Waals surface area (Å²) in [6.07, 6.45) is 2.53. The highest BCUT2D eigenvalue weighted by Gasteiger charge is 2.26. The average Bonchev–Trinajstić information content (AvgIpc) is 2.57. The van der Waals surface area contributed by atoms with Crippen LogP contribution in [0.25, 0.3) is 0 Å². The molecule has 1 aromatic carbocycles. The van der Waals surface area contributed by atoms with E-state index in [1.807, 2.05) is 0 Å². The molecule has 14 heavy (non-hydrogen) atoms. The maximum atomic E-state index is 13.4. The summed E-state index contributed by atoms with van der Waals surface area (Å²) in [5, 5.41) is 0. The molecule has 1 aliphatic rings. The first-order valence-corrected chi connectivity index (χ1v) is 4.88. The molecule has 1 nitrogen and oxygen atoms in total. The maximum Gasteiger partial charge on any atom is 0.162 e. The molecule has 2 N–H and O–H groups in total. The maximum absolute atomic E-state index is 13.4. The van der Waals surface area contributed by atoms with Crippen LogP contribution in [0.3, 0.4) is 0 Å². The highest BCUT2D eigenvalue weighted by Crippen LogP contribution is 2.35. The van der Waals surface area contributed by atoms with Crippen LogP contribution in [0.4, 0.5) is 8.78 Å². The van der Waals surface area contributed by atoms with E-state index in [0.29, 0.717) is 5.56 Å². The van der Waals surface area contributed by atoms with Crippen LogP contribution in [-0.4, -0.2) is 6.04 Å². The van der Waals surface area contributed by atoms with Crippen molar-refractivity contribution in [2.45, 2.75) is 31.2 Å². The molecule has 0 amide bonds. The van der Waals surface area contributed by atoms with Gasteiger partial charge in [-0.25, -0.2) is 8.78 Å². The molecule has 2 rings (SSSR count). The number of rotatable bonds is 1. The topological polar surface area (TPSA) is 26.0 Å². The summed E-state index contributed by atoms with van der Waals surface area (Å²) in [5.74, 6) is -1.37. The largest absolute Gasteiger partial charge is 0.328 e. The Morgan fingerprint density at radius 2 is 2.00 bits per heavy atom. The minimum absolute atomic E-state index is 0.0979. The molecule has 0 radical (unpaired) electrons. The third kappa shape index (κ3) is 1.64. The molecule has 0 saturated heterocycles. The molecule has 1 aromatic rings. The zero-order valence-electron chi connectivity index (χ0n) is 7.84. The fourth-order valence-electron chi connectivity index (χ4n) is 2.13. The van der Waals surface area contributed by atoms with E-state index in [9.17, 15) is 8.78 Å². The third-order valence-corrected chi connectivity index (χ3v) is 2.89. The molecule has 2 unspecified atom stereocenters. The van der Waals surface area contributed by atoms with Gasteiger partial charge in [-0.1, -0.05) is 12.1 Å². The molecule has 1 saturated carbocycles. The van der Waals surface area contributed by atoms with Crippen molar-refractivity contribution in [2.75, 3.05) is 0 Å². The Labute approximate surface area is 81.9 Å². The van der Waals surface area contributed by atoms with Gasteiger partial charge in [0.15, 0.2) is 11.6 Å². The first-order chi connectivity index (χ1) is 6.68. The molecule has 2 atom stereocenters. The molecule has 76 valence electrons. The van der Waals surface area contributed by atoms with Crippen LogP contribution in [0, 0.1) is 11.6 Å². The van der Waals surface area contributed by atoms with Crippen molar-refractivity contribution in [2.24, 2.45) is 5.73 Å². The van der Waals surface area contributed by atoms with Crippen LogP contribution in [0.5, 0.6) is 0 Å². The van der Waals surface area contributed by atoms with E-state index in [1.54, 1.807) is 12.1 Å². The van der Waals surface area contributed by atoms with Gasteiger partial charge in [0.25, 0.3) is 0 Å². The zero-order valence-corrected chi connectivity index (χ0v) is 7.84. The predicted octanol–water partition coefficient (Wildman–Crippen LogP) is 2.56. The molecule has 1 fully saturated rings. The van der Waals surface area contributed by atoms with Crippen LogP contribution in [-0.2, 0) is 0 Å². The van der Waals surface area contributed by atoms with Crippen molar-refractivity contribution < 1.29 is 8.78 Å². The number of nitrogens with two attached hydrogens (primary N) is 1. The molecule has 0 heterocycles. The lowest BCUT2D eigenvalue weighted by molar-refractivity contribution is 0.487. The van der Waals surface area contributed by atoms with E-state index in [-0.39, 0.29) is 12.0 Å². The fraction of sp³-hybridized carbons (Fsp3) is 0.455. The van der Waals surface area contributed by atoms with Crippen molar-refractivity contribution in [3.05, 3.63) is 35.4 Å². The van der Waals surface area contributed by atoms with Crippen LogP contribution in [0.15, 0.2) is 18.2 Å². The van der Waals surface area contributed by atoms with Gasteiger partial charge in [-0.3, -0.25) is 0 Å². The van der Waals surface area contributed by atoms with E-state index in [4.69, 9.17) is 5.73 Å². The normalized spacial score (nSPS) is 26.8. The molecule has 1 aliphatic carbocycles. The molecule has 0 aliphatic heterocycles. The minimum Gasteiger partial charge on any atom is -0.328 e. The highest BCUT2D eigenvalue weighted by atomic mass is 19.2. The number of hydrogen-bond donors (Lipinski definition) is 1. The van der Waals surface area contributed by atoms with Crippen LogP contribution < -0.4 is 5.73 Å². The molecular formula is C11H13F2N. The summed E-state index contributed by atoms with van der Waals surface area (Å²) >= 11 is 0. The summed E-state index contributed by atoms with van der Waals surface area (Å²) in [4.78, 5) is 0. The lowest BCUT2D eigenvalue weighted by Gasteiger charge is -2.11. The van der Waals surface area contributed by atoms with Crippen LogP contribution in [0.2, 0.25) is 0 Å². The van der Waals surface area contributed by atoms with Crippen LogP contribution >= 0.6 is 0 Å². The van der Waals surface area contributed by atoms with Crippen molar-refractivity contribution >= 4 is 0 Å². The van der Waals surface area contributed by atoms with Gasteiger partial charge in [-0.15, -0.1) is 0 Å². The Bertz CT molecular complexity index is 338. The molecule has 0 spiro atoms. The second kappa shape index (κ2) is 3.65. The third-order valence-electron chi connectivity index (χ3n) is 2.89. The molecule has 3 heteroatoms. The number of halogens is 2. The summed E-state index contributed by atoms with van der Waals surface area (Å²) in [5.41, 5.74) is 6.22. The summed E-state index contributed by atoms with van der Waals surface area (Å²) in [7, 11) is 0. The van der Waals surface area contributed by atoms with Crippen molar-refractivity contribution in [1.82, 2.24) is 0 Å². The Balaban J connectivity index is 2.28. The molecule has 0 bridgehead atoms. The van der Waals surface area contributed by atoms with Gasteiger partial charge in [-0.2, -0.15) is 0 Å². The Kier molecular flexibility index (Phi) is 2.50. The number of hydrogen-bond acceptors (Lipinski definition) is 1. The summed E-state index contributed by atoms with van der Waals surface area (Å²) in [6, 6.07) is 4.49. The first kappa shape index (κ1) is 9.59. The lowest BCUT2D eigenvalue weighted by atomic mass is 9.97. The van der Waals surface area contributed by atoms with Gasteiger partial charge in [0.05, 0.1) is 0 Å². The van der Waals surface area contributed by atoms with E-state index in [0.717, 1.165) is 25.3 Å². The van der Waals surface area contributed by atoms with E-state index >= 15 is 0 Å². The summed E-state index contributed by atoms with van der Waals surface area (Å²) < 4.78 is 26.3. The van der Waals surface area contributed by atoms with E-state index in [1.165, 1.54) is 0 Å². The van der Waals surface area contributed by atoms with E-state index in [2.05, 4.69) is 0 Å². The van der Waals surface area contributed by atoms with Crippen molar-refractivity contribution in [3.63, 3.8) is 0 Å². The Morgan fingerprint density at radius 1 is 1.21 bits per heavy atom. The molecular weight excluding hydrogens is 184 g/mol. The van der Waals surface area contributed by atoms with Gasteiger partial charge in [0.1, 0.15) is 0 Å². The van der Waals surface area contributed by atoms with Gasteiger partial charge in [0.2, 0.25) is 0 Å². The second-order valence-electron chi connectivity index (χ2n) is 3.91. The highest BCUT2D eigenvalue weighted by molar-refractivity contribution is 5.24. The van der Waals surface area contributed by atoms with Crippen molar-refractivity contribution in [1.29, 1.82) is 0 Å².